The first kappa shape index (κ1) is 20.9. The fourth-order valence-corrected chi connectivity index (χ4v) is 2.67. The molecule has 1 heterocycles. The largest absolute Gasteiger partial charge is 0.393 e. The summed E-state index contributed by atoms with van der Waals surface area (Å²) in [7, 11) is 1.76. The highest BCUT2D eigenvalue weighted by molar-refractivity contribution is 14.0. The Bertz CT molecular complexity index is 510. The number of aliphatic hydroxyl groups is 1. The number of rotatable bonds is 6. The molecule has 0 unspecified atom stereocenters. The van der Waals surface area contributed by atoms with Gasteiger partial charge in [-0.2, -0.15) is 0 Å². The second kappa shape index (κ2) is 11.4. The van der Waals surface area contributed by atoms with Gasteiger partial charge in [0.25, 0.3) is 0 Å². The summed E-state index contributed by atoms with van der Waals surface area (Å²) in [6, 6.07) is 8.67. The Morgan fingerprint density at radius 2 is 1.88 bits per heavy atom. The number of aliphatic hydroxyl groups excluding tert-OH is 1. The zero-order chi connectivity index (χ0) is 16.5. The Balaban J connectivity index is 0.00000288. The highest BCUT2D eigenvalue weighted by atomic mass is 127. The van der Waals surface area contributed by atoms with Gasteiger partial charge in [0.15, 0.2) is 5.96 Å². The molecule has 0 saturated carbocycles. The van der Waals surface area contributed by atoms with Crippen LogP contribution in [-0.2, 0) is 13.1 Å². The third kappa shape index (κ3) is 7.19. The molecule has 6 heteroatoms. The van der Waals surface area contributed by atoms with Crippen molar-refractivity contribution in [3.8, 4) is 0 Å². The quantitative estimate of drug-likeness (QED) is 0.272. The van der Waals surface area contributed by atoms with Crippen molar-refractivity contribution in [3.05, 3.63) is 48.0 Å². The first-order valence-electron chi connectivity index (χ1n) is 8.25. The summed E-state index contributed by atoms with van der Waals surface area (Å²) in [6.07, 6.45) is 3.47. The van der Waals surface area contributed by atoms with Crippen LogP contribution in [0, 0.1) is 0 Å². The topological polar surface area (TPSA) is 59.9 Å². The molecule has 0 amide bonds. The van der Waals surface area contributed by atoms with E-state index in [-0.39, 0.29) is 30.1 Å². The van der Waals surface area contributed by atoms with E-state index in [9.17, 15) is 5.11 Å². The third-order valence-corrected chi connectivity index (χ3v) is 4.08. The number of piperidine rings is 1. The van der Waals surface area contributed by atoms with Crippen LogP contribution in [0.25, 0.3) is 0 Å². The lowest BCUT2D eigenvalue weighted by atomic mass is 10.1. The molecule has 1 fully saturated rings. The maximum Gasteiger partial charge on any atom is 0.191 e. The van der Waals surface area contributed by atoms with Crippen molar-refractivity contribution in [2.75, 3.05) is 26.7 Å². The van der Waals surface area contributed by atoms with E-state index in [0.717, 1.165) is 45.0 Å². The van der Waals surface area contributed by atoms with Gasteiger partial charge in [-0.3, -0.25) is 9.89 Å². The smallest absolute Gasteiger partial charge is 0.191 e. The first-order valence-corrected chi connectivity index (χ1v) is 8.25. The molecule has 1 saturated heterocycles. The van der Waals surface area contributed by atoms with Crippen LogP contribution >= 0.6 is 24.0 Å². The summed E-state index contributed by atoms with van der Waals surface area (Å²) < 4.78 is 0. The average molecular weight is 444 g/mol. The SMILES string of the molecule is C=CCNC(=NC)NCc1ccc(CN2CCC(O)CC2)cc1.I. The Hall–Kier alpha value is -1.12. The van der Waals surface area contributed by atoms with Crippen LogP contribution in [0.4, 0.5) is 0 Å². The zero-order valence-corrected chi connectivity index (χ0v) is 16.7. The van der Waals surface area contributed by atoms with Crippen molar-refractivity contribution >= 4 is 29.9 Å². The monoisotopic (exact) mass is 444 g/mol. The molecule has 0 aromatic heterocycles. The maximum atomic E-state index is 9.55. The highest BCUT2D eigenvalue weighted by Crippen LogP contribution is 2.14. The van der Waals surface area contributed by atoms with Crippen LogP contribution in [0.1, 0.15) is 24.0 Å². The molecular weight excluding hydrogens is 415 g/mol. The zero-order valence-electron chi connectivity index (χ0n) is 14.4. The van der Waals surface area contributed by atoms with E-state index in [1.165, 1.54) is 11.1 Å². The summed E-state index contributed by atoms with van der Waals surface area (Å²) >= 11 is 0. The van der Waals surface area contributed by atoms with Crippen LogP contribution in [0.15, 0.2) is 41.9 Å². The van der Waals surface area contributed by atoms with E-state index in [4.69, 9.17) is 0 Å². The van der Waals surface area contributed by atoms with Gasteiger partial charge in [0.05, 0.1) is 6.10 Å². The van der Waals surface area contributed by atoms with Gasteiger partial charge >= 0.3 is 0 Å². The standard InChI is InChI=1S/C18H28N4O.HI/c1-3-10-20-18(19-2)21-13-15-4-6-16(7-5-15)14-22-11-8-17(23)9-12-22;/h3-7,17,23H,1,8-14H2,2H3,(H2,19,20,21);1H. The van der Waals surface area contributed by atoms with Crippen molar-refractivity contribution in [1.82, 2.24) is 15.5 Å². The summed E-state index contributed by atoms with van der Waals surface area (Å²) in [4.78, 5) is 6.56. The molecular formula is C18H29IN4O. The number of nitrogens with one attached hydrogen (secondary N) is 2. The Kier molecular flexibility index (Phi) is 9.97. The molecule has 1 aliphatic heterocycles. The molecule has 24 heavy (non-hydrogen) atoms. The average Bonchev–Trinajstić information content (AvgIpc) is 2.58. The van der Waals surface area contributed by atoms with Gasteiger partial charge in [-0.15, -0.1) is 30.6 Å². The minimum atomic E-state index is -0.108. The second-order valence-electron chi connectivity index (χ2n) is 5.92. The number of aliphatic imine (C=N–C) groups is 1. The minimum absolute atomic E-state index is 0. The van der Waals surface area contributed by atoms with Crippen molar-refractivity contribution in [2.45, 2.75) is 32.0 Å². The first-order chi connectivity index (χ1) is 11.2. The molecule has 1 aliphatic rings. The van der Waals surface area contributed by atoms with Gasteiger partial charge in [0, 0.05) is 39.8 Å². The van der Waals surface area contributed by atoms with E-state index in [1.807, 2.05) is 0 Å². The Morgan fingerprint density at radius 3 is 2.46 bits per heavy atom. The number of guanidine groups is 1. The lowest BCUT2D eigenvalue weighted by Gasteiger charge is -2.29. The van der Waals surface area contributed by atoms with Gasteiger partial charge in [0.1, 0.15) is 0 Å². The molecule has 0 aliphatic carbocycles. The van der Waals surface area contributed by atoms with Gasteiger partial charge in [-0.25, -0.2) is 0 Å². The molecule has 3 N–H and O–H groups in total. The van der Waals surface area contributed by atoms with Crippen LogP contribution in [-0.4, -0.2) is 48.8 Å². The van der Waals surface area contributed by atoms with Gasteiger partial charge in [-0.1, -0.05) is 30.3 Å². The van der Waals surface area contributed by atoms with Crippen molar-refractivity contribution in [1.29, 1.82) is 0 Å². The predicted molar refractivity (Wildman–Crippen MR) is 111 cm³/mol. The van der Waals surface area contributed by atoms with E-state index >= 15 is 0 Å². The molecule has 0 radical (unpaired) electrons. The van der Waals surface area contributed by atoms with E-state index < -0.39 is 0 Å². The van der Waals surface area contributed by atoms with Crippen molar-refractivity contribution < 1.29 is 5.11 Å². The normalized spacial score (nSPS) is 16.3. The minimum Gasteiger partial charge on any atom is -0.393 e. The molecule has 0 atom stereocenters. The van der Waals surface area contributed by atoms with Gasteiger partial charge in [0.2, 0.25) is 0 Å². The van der Waals surface area contributed by atoms with Crippen molar-refractivity contribution in [3.63, 3.8) is 0 Å². The van der Waals surface area contributed by atoms with Crippen LogP contribution < -0.4 is 10.6 Å². The summed E-state index contributed by atoms with van der Waals surface area (Å²) in [5, 5.41) is 16.0. The van der Waals surface area contributed by atoms with Gasteiger partial charge < -0.3 is 15.7 Å². The van der Waals surface area contributed by atoms with Crippen LogP contribution in [0.3, 0.4) is 0 Å². The number of hydrogen-bond acceptors (Lipinski definition) is 3. The molecule has 5 nitrogen and oxygen atoms in total. The molecule has 1 aromatic rings. The van der Waals surface area contributed by atoms with Crippen molar-refractivity contribution in [2.24, 2.45) is 4.99 Å². The summed E-state index contributed by atoms with van der Waals surface area (Å²) in [6.45, 7) is 8.05. The van der Waals surface area contributed by atoms with E-state index in [2.05, 4.69) is 51.4 Å². The number of benzene rings is 1. The fraction of sp³-hybridized carbons (Fsp3) is 0.500. The maximum absolute atomic E-state index is 9.55. The van der Waals surface area contributed by atoms with Gasteiger partial charge in [-0.05, 0) is 24.0 Å². The molecule has 1 aromatic carbocycles. The molecule has 0 bridgehead atoms. The predicted octanol–water partition coefficient (Wildman–Crippen LogP) is 2.11. The number of halogens is 1. The summed E-state index contributed by atoms with van der Waals surface area (Å²) in [5.41, 5.74) is 2.55. The number of likely N-dealkylation sites (tertiary alicyclic amines) is 1. The van der Waals surface area contributed by atoms with Crippen LogP contribution in [0.5, 0.6) is 0 Å². The lowest BCUT2D eigenvalue weighted by Crippen LogP contribution is -2.36. The van der Waals surface area contributed by atoms with E-state index in [0.29, 0.717) is 6.54 Å². The summed E-state index contributed by atoms with van der Waals surface area (Å²) in [5.74, 6) is 0.779. The number of hydrogen-bond donors (Lipinski definition) is 3. The lowest BCUT2D eigenvalue weighted by molar-refractivity contribution is 0.0792. The fourth-order valence-electron chi connectivity index (χ4n) is 2.67. The molecule has 2 rings (SSSR count). The highest BCUT2D eigenvalue weighted by Gasteiger charge is 2.16. The molecule has 134 valence electrons. The molecule has 0 spiro atoms. The number of nitrogens with zero attached hydrogens (tertiary/aromatic N) is 2. The second-order valence-corrected chi connectivity index (χ2v) is 5.92. The Morgan fingerprint density at radius 1 is 1.25 bits per heavy atom. The Labute approximate surface area is 162 Å². The van der Waals surface area contributed by atoms with E-state index in [1.54, 1.807) is 13.1 Å². The third-order valence-electron chi connectivity index (χ3n) is 4.08. The van der Waals surface area contributed by atoms with Crippen LogP contribution in [0.2, 0.25) is 0 Å².